The van der Waals surface area contributed by atoms with Crippen molar-refractivity contribution >= 4 is 11.8 Å². The molecule has 1 rings (SSSR count). The Morgan fingerprint density at radius 2 is 2.22 bits per heavy atom. The van der Waals surface area contributed by atoms with Gasteiger partial charge < -0.3 is 15.7 Å². The fourth-order valence-electron chi connectivity index (χ4n) is 1.52. The van der Waals surface area contributed by atoms with Gasteiger partial charge in [-0.3, -0.25) is 0 Å². The van der Waals surface area contributed by atoms with Gasteiger partial charge in [-0.2, -0.15) is 4.98 Å². The van der Waals surface area contributed by atoms with Crippen molar-refractivity contribution in [2.24, 2.45) is 0 Å². The van der Waals surface area contributed by atoms with E-state index < -0.39 is 5.82 Å². The molecule has 0 bridgehead atoms. The predicted molar refractivity (Wildman–Crippen MR) is 70.2 cm³/mol. The number of nitrogens with zero attached hydrogens (tertiary/aromatic N) is 2. The van der Waals surface area contributed by atoms with Crippen molar-refractivity contribution in [2.45, 2.75) is 39.2 Å². The van der Waals surface area contributed by atoms with Crippen LogP contribution in [0.3, 0.4) is 0 Å². The van der Waals surface area contributed by atoms with E-state index in [0.29, 0.717) is 12.4 Å². The molecule has 0 amide bonds. The Kier molecular flexibility index (Phi) is 6.35. The van der Waals surface area contributed by atoms with Crippen LogP contribution in [0.5, 0.6) is 0 Å². The van der Waals surface area contributed by atoms with Crippen LogP contribution >= 0.6 is 0 Å². The van der Waals surface area contributed by atoms with E-state index in [-0.39, 0.29) is 18.5 Å². The largest absolute Gasteiger partial charge is 0.396 e. The van der Waals surface area contributed by atoms with Gasteiger partial charge in [-0.05, 0) is 19.3 Å². The monoisotopic (exact) mass is 256 g/mol. The van der Waals surface area contributed by atoms with Gasteiger partial charge in [0, 0.05) is 19.2 Å². The van der Waals surface area contributed by atoms with Crippen LogP contribution in [-0.2, 0) is 0 Å². The second-order valence-electron chi connectivity index (χ2n) is 4.08. The Morgan fingerprint density at radius 3 is 2.83 bits per heavy atom. The van der Waals surface area contributed by atoms with Crippen LogP contribution in [0.1, 0.15) is 33.1 Å². The number of hydrogen-bond acceptors (Lipinski definition) is 5. The lowest BCUT2D eigenvalue weighted by Crippen LogP contribution is -2.22. The SMILES string of the molecule is CCCNc1ncc(F)c(NC(CC)CCO)n1. The van der Waals surface area contributed by atoms with Gasteiger partial charge in [-0.1, -0.05) is 13.8 Å². The van der Waals surface area contributed by atoms with Gasteiger partial charge in [0.1, 0.15) is 0 Å². The Bertz CT molecular complexity index is 362. The zero-order chi connectivity index (χ0) is 13.4. The van der Waals surface area contributed by atoms with E-state index in [2.05, 4.69) is 20.6 Å². The summed E-state index contributed by atoms with van der Waals surface area (Å²) in [7, 11) is 0. The zero-order valence-corrected chi connectivity index (χ0v) is 10.9. The van der Waals surface area contributed by atoms with E-state index in [1.807, 2.05) is 13.8 Å². The number of hydrogen-bond donors (Lipinski definition) is 3. The molecule has 0 spiro atoms. The lowest BCUT2D eigenvalue weighted by atomic mass is 10.1. The highest BCUT2D eigenvalue weighted by molar-refractivity contribution is 5.41. The zero-order valence-electron chi connectivity index (χ0n) is 10.9. The number of anilines is 2. The van der Waals surface area contributed by atoms with Crippen LogP contribution in [0.15, 0.2) is 6.20 Å². The van der Waals surface area contributed by atoms with Gasteiger partial charge in [-0.25, -0.2) is 9.37 Å². The maximum Gasteiger partial charge on any atom is 0.224 e. The standard InChI is InChI=1S/C12H21FN4O/c1-3-6-14-12-15-8-10(13)11(17-12)16-9(4-2)5-7-18/h8-9,18H,3-7H2,1-2H3,(H2,14,15,16,17). The summed E-state index contributed by atoms with van der Waals surface area (Å²) in [6.45, 7) is 4.82. The van der Waals surface area contributed by atoms with Crippen LogP contribution in [0.25, 0.3) is 0 Å². The smallest absolute Gasteiger partial charge is 0.224 e. The Morgan fingerprint density at radius 1 is 1.44 bits per heavy atom. The van der Waals surface area contributed by atoms with Crippen molar-refractivity contribution in [1.82, 2.24) is 9.97 Å². The first-order valence-electron chi connectivity index (χ1n) is 6.35. The minimum Gasteiger partial charge on any atom is -0.396 e. The molecule has 1 unspecified atom stereocenters. The molecule has 0 saturated heterocycles. The first-order valence-corrected chi connectivity index (χ1v) is 6.35. The second-order valence-corrected chi connectivity index (χ2v) is 4.08. The molecule has 0 saturated carbocycles. The molecule has 6 heteroatoms. The summed E-state index contributed by atoms with van der Waals surface area (Å²) < 4.78 is 13.6. The Labute approximate surface area is 107 Å². The van der Waals surface area contributed by atoms with E-state index in [0.717, 1.165) is 25.6 Å². The van der Waals surface area contributed by atoms with Crippen LogP contribution in [0.2, 0.25) is 0 Å². The number of halogens is 1. The number of rotatable bonds is 8. The normalized spacial score (nSPS) is 12.2. The topological polar surface area (TPSA) is 70.1 Å². The average molecular weight is 256 g/mol. The van der Waals surface area contributed by atoms with Gasteiger partial charge in [0.05, 0.1) is 6.20 Å². The fourth-order valence-corrected chi connectivity index (χ4v) is 1.52. The van der Waals surface area contributed by atoms with E-state index in [4.69, 9.17) is 5.11 Å². The lowest BCUT2D eigenvalue weighted by Gasteiger charge is -2.17. The number of aliphatic hydroxyl groups is 1. The summed E-state index contributed by atoms with van der Waals surface area (Å²) in [5, 5.41) is 14.9. The number of aromatic nitrogens is 2. The molecule has 0 aliphatic carbocycles. The molecule has 5 nitrogen and oxygen atoms in total. The third kappa shape index (κ3) is 4.44. The summed E-state index contributed by atoms with van der Waals surface area (Å²) in [5.41, 5.74) is 0. The molecule has 1 atom stereocenters. The third-order valence-electron chi connectivity index (χ3n) is 2.59. The van der Waals surface area contributed by atoms with E-state index >= 15 is 0 Å². The first kappa shape index (κ1) is 14.6. The van der Waals surface area contributed by atoms with Gasteiger partial charge in [0.15, 0.2) is 11.6 Å². The molecule has 0 aliphatic heterocycles. The molecule has 1 heterocycles. The van der Waals surface area contributed by atoms with Crippen molar-refractivity contribution in [3.63, 3.8) is 0 Å². The average Bonchev–Trinajstić information content (AvgIpc) is 2.38. The molecule has 1 aromatic rings. The van der Waals surface area contributed by atoms with E-state index in [1.165, 1.54) is 0 Å². The minimum atomic E-state index is -0.478. The minimum absolute atomic E-state index is 0.0124. The molecule has 102 valence electrons. The summed E-state index contributed by atoms with van der Waals surface area (Å²) in [6.07, 6.45) is 3.46. The molecule has 18 heavy (non-hydrogen) atoms. The maximum atomic E-state index is 13.6. The summed E-state index contributed by atoms with van der Waals surface area (Å²) in [4.78, 5) is 7.96. The second kappa shape index (κ2) is 7.81. The predicted octanol–water partition coefficient (Wildman–Crippen LogP) is 2.01. The van der Waals surface area contributed by atoms with E-state index in [9.17, 15) is 4.39 Å². The highest BCUT2D eigenvalue weighted by Crippen LogP contribution is 2.15. The molecule has 0 fully saturated rings. The quantitative estimate of drug-likeness (QED) is 0.663. The van der Waals surface area contributed by atoms with Crippen molar-refractivity contribution < 1.29 is 9.50 Å². The molecule has 3 N–H and O–H groups in total. The molecular formula is C12H21FN4O. The van der Waals surface area contributed by atoms with Crippen molar-refractivity contribution in [3.05, 3.63) is 12.0 Å². The molecular weight excluding hydrogens is 235 g/mol. The maximum absolute atomic E-state index is 13.6. The summed E-state index contributed by atoms with van der Waals surface area (Å²) in [5.74, 6) is 0.122. The van der Waals surface area contributed by atoms with Crippen LogP contribution < -0.4 is 10.6 Å². The number of nitrogens with one attached hydrogen (secondary N) is 2. The van der Waals surface area contributed by atoms with E-state index in [1.54, 1.807) is 0 Å². The van der Waals surface area contributed by atoms with Crippen molar-refractivity contribution in [2.75, 3.05) is 23.8 Å². The fraction of sp³-hybridized carbons (Fsp3) is 0.667. The molecule has 0 radical (unpaired) electrons. The highest BCUT2D eigenvalue weighted by atomic mass is 19.1. The first-order chi connectivity index (χ1) is 8.71. The van der Waals surface area contributed by atoms with Crippen LogP contribution in [0, 0.1) is 5.82 Å². The third-order valence-corrected chi connectivity index (χ3v) is 2.59. The molecule has 0 aliphatic rings. The molecule has 1 aromatic heterocycles. The van der Waals surface area contributed by atoms with Gasteiger partial charge >= 0.3 is 0 Å². The Balaban J connectivity index is 2.73. The van der Waals surface area contributed by atoms with Crippen LogP contribution in [-0.4, -0.2) is 34.3 Å². The van der Waals surface area contributed by atoms with Gasteiger partial charge in [0.2, 0.25) is 5.95 Å². The van der Waals surface area contributed by atoms with Crippen LogP contribution in [0.4, 0.5) is 16.2 Å². The van der Waals surface area contributed by atoms with Crippen molar-refractivity contribution in [3.8, 4) is 0 Å². The number of aliphatic hydroxyl groups excluding tert-OH is 1. The Hall–Kier alpha value is -1.43. The molecule has 0 aromatic carbocycles. The summed E-state index contributed by atoms with van der Waals surface area (Å²) in [6, 6.07) is 0.0124. The lowest BCUT2D eigenvalue weighted by molar-refractivity contribution is 0.278. The summed E-state index contributed by atoms with van der Waals surface area (Å²) >= 11 is 0. The van der Waals surface area contributed by atoms with Gasteiger partial charge in [-0.15, -0.1) is 0 Å². The highest BCUT2D eigenvalue weighted by Gasteiger charge is 2.11. The van der Waals surface area contributed by atoms with Gasteiger partial charge in [0.25, 0.3) is 0 Å². The van der Waals surface area contributed by atoms with Crippen molar-refractivity contribution in [1.29, 1.82) is 0 Å².